The second kappa shape index (κ2) is 6.69. The first kappa shape index (κ1) is 14.7. The van der Waals surface area contributed by atoms with Crippen molar-refractivity contribution in [2.45, 2.75) is 25.4 Å². The summed E-state index contributed by atoms with van der Waals surface area (Å²) in [6, 6.07) is 13.1. The van der Waals surface area contributed by atoms with Crippen molar-refractivity contribution < 1.29 is 4.74 Å². The second-order valence-corrected chi connectivity index (χ2v) is 5.97. The number of ether oxygens (including phenoxy) is 1. The van der Waals surface area contributed by atoms with Crippen molar-refractivity contribution in [2.24, 2.45) is 0 Å². The van der Waals surface area contributed by atoms with Gasteiger partial charge in [0.2, 0.25) is 0 Å². The van der Waals surface area contributed by atoms with Crippen molar-refractivity contribution >= 4 is 34.0 Å². The lowest BCUT2D eigenvalue weighted by atomic mass is 10.0. The first-order valence-electron chi connectivity index (χ1n) is 7.09. The van der Waals surface area contributed by atoms with E-state index in [1.165, 1.54) is 34.7 Å². The van der Waals surface area contributed by atoms with Crippen molar-refractivity contribution in [3.8, 4) is 5.75 Å². The molecule has 1 aliphatic rings. The van der Waals surface area contributed by atoms with Crippen LogP contribution in [0, 0.1) is 0 Å². The zero-order chi connectivity index (χ0) is 14.7. The molecule has 0 bridgehead atoms. The van der Waals surface area contributed by atoms with Gasteiger partial charge in [-0.25, -0.2) is 0 Å². The van der Waals surface area contributed by atoms with E-state index in [0.717, 1.165) is 12.3 Å². The molecule has 2 aromatic carbocycles. The number of hydrogen-bond acceptors (Lipinski definition) is 2. The summed E-state index contributed by atoms with van der Waals surface area (Å²) < 4.78 is 5.83. The topological polar surface area (TPSA) is 21.3 Å². The monoisotopic (exact) mass is 321 g/mol. The molecule has 0 heterocycles. The van der Waals surface area contributed by atoms with E-state index in [-0.39, 0.29) is 0 Å². The quantitative estimate of drug-likeness (QED) is 0.825. The average molecular weight is 322 g/mol. The molecule has 0 radical (unpaired) electrons. The van der Waals surface area contributed by atoms with E-state index in [1.54, 1.807) is 0 Å². The van der Waals surface area contributed by atoms with Crippen LogP contribution in [0.5, 0.6) is 5.75 Å². The Hall–Kier alpha value is -1.22. The van der Waals surface area contributed by atoms with Crippen LogP contribution in [0.2, 0.25) is 0 Å². The minimum Gasteiger partial charge on any atom is -0.488 e. The molecule has 21 heavy (non-hydrogen) atoms. The molecule has 110 valence electrons. The summed E-state index contributed by atoms with van der Waals surface area (Å²) in [7, 11) is 0. The van der Waals surface area contributed by atoms with Gasteiger partial charge in [0, 0.05) is 23.7 Å². The lowest BCUT2D eigenvalue weighted by Crippen LogP contribution is -2.16. The third-order valence-corrected chi connectivity index (χ3v) is 4.22. The molecule has 2 aromatic rings. The predicted molar refractivity (Wildman–Crippen MR) is 89.1 cm³/mol. The molecule has 0 amide bonds. The zero-order valence-corrected chi connectivity index (χ0v) is 13.1. The van der Waals surface area contributed by atoms with E-state index in [0.29, 0.717) is 17.7 Å². The van der Waals surface area contributed by atoms with Gasteiger partial charge in [0.05, 0.1) is 5.03 Å². The Morgan fingerprint density at radius 2 is 2.05 bits per heavy atom. The normalized spacial score (nSPS) is 15.4. The number of hydrogen-bond donors (Lipinski definition) is 1. The molecular formula is C17H17Cl2NO. The molecule has 4 heteroatoms. The van der Waals surface area contributed by atoms with E-state index < -0.39 is 0 Å². The molecule has 1 aliphatic carbocycles. The highest BCUT2D eigenvalue weighted by molar-refractivity contribution is 6.36. The maximum atomic E-state index is 5.91. The summed E-state index contributed by atoms with van der Waals surface area (Å²) in [5.74, 6) is 0.860. The molecule has 1 N–H and O–H groups in total. The Balaban J connectivity index is 1.90. The van der Waals surface area contributed by atoms with Gasteiger partial charge >= 0.3 is 0 Å². The predicted octanol–water partition coefficient (Wildman–Crippen LogP) is 4.79. The summed E-state index contributed by atoms with van der Waals surface area (Å²) >= 11 is 11.5. The van der Waals surface area contributed by atoms with E-state index in [4.69, 9.17) is 27.9 Å². The summed E-state index contributed by atoms with van der Waals surface area (Å²) in [5, 5.41) is 6.48. The molecule has 0 unspecified atom stereocenters. The Kier molecular flexibility index (Phi) is 4.69. The summed E-state index contributed by atoms with van der Waals surface area (Å²) in [6.07, 6.45) is 2.53. The van der Waals surface area contributed by atoms with Crippen LogP contribution in [0.4, 0.5) is 0 Å². The van der Waals surface area contributed by atoms with Gasteiger partial charge in [-0.1, -0.05) is 53.5 Å². The second-order valence-electron chi connectivity index (χ2n) is 5.26. The SMILES string of the molecule is ClC=C(Cl)COc1ccc2ccccc2c1CNC1CC1. The van der Waals surface area contributed by atoms with E-state index in [2.05, 4.69) is 29.6 Å². The molecule has 3 rings (SSSR count). The van der Waals surface area contributed by atoms with Gasteiger partial charge < -0.3 is 10.1 Å². The van der Waals surface area contributed by atoms with Crippen molar-refractivity contribution in [3.63, 3.8) is 0 Å². The highest BCUT2D eigenvalue weighted by Gasteiger charge is 2.21. The van der Waals surface area contributed by atoms with Crippen LogP contribution in [-0.2, 0) is 6.54 Å². The lowest BCUT2D eigenvalue weighted by Gasteiger charge is -2.14. The van der Waals surface area contributed by atoms with Crippen LogP contribution in [0.15, 0.2) is 47.0 Å². The van der Waals surface area contributed by atoms with Crippen LogP contribution in [0.1, 0.15) is 18.4 Å². The van der Waals surface area contributed by atoms with E-state index in [9.17, 15) is 0 Å². The minimum absolute atomic E-state index is 0.291. The third kappa shape index (κ3) is 3.70. The van der Waals surface area contributed by atoms with Crippen molar-refractivity contribution in [3.05, 3.63) is 52.5 Å². The van der Waals surface area contributed by atoms with Crippen LogP contribution in [0.25, 0.3) is 10.8 Å². The Morgan fingerprint density at radius 3 is 2.81 bits per heavy atom. The molecule has 1 saturated carbocycles. The van der Waals surface area contributed by atoms with Gasteiger partial charge in [0.15, 0.2) is 0 Å². The number of fused-ring (bicyclic) bond motifs is 1. The highest BCUT2D eigenvalue weighted by Crippen LogP contribution is 2.30. The first-order chi connectivity index (χ1) is 10.3. The van der Waals surface area contributed by atoms with Gasteiger partial charge in [0.1, 0.15) is 12.4 Å². The summed E-state index contributed by atoms with van der Waals surface area (Å²) in [6.45, 7) is 1.10. The molecule has 1 fully saturated rings. The highest BCUT2D eigenvalue weighted by atomic mass is 35.5. The van der Waals surface area contributed by atoms with Crippen LogP contribution < -0.4 is 10.1 Å². The van der Waals surface area contributed by atoms with E-state index >= 15 is 0 Å². The largest absolute Gasteiger partial charge is 0.488 e. The summed E-state index contributed by atoms with van der Waals surface area (Å²) in [5.41, 5.74) is 2.52. The van der Waals surface area contributed by atoms with Crippen molar-refractivity contribution in [2.75, 3.05) is 6.61 Å². The molecule has 0 spiro atoms. The molecule has 0 atom stereocenters. The molecule has 0 aliphatic heterocycles. The fourth-order valence-electron chi connectivity index (χ4n) is 2.35. The molecule has 0 saturated heterocycles. The molecule has 0 aromatic heterocycles. The number of nitrogens with one attached hydrogen (secondary N) is 1. The maximum Gasteiger partial charge on any atom is 0.125 e. The molecule has 2 nitrogen and oxygen atoms in total. The van der Waals surface area contributed by atoms with Gasteiger partial charge in [-0.15, -0.1) is 0 Å². The fourth-order valence-corrected chi connectivity index (χ4v) is 2.46. The number of rotatable bonds is 6. The smallest absolute Gasteiger partial charge is 0.125 e. The van der Waals surface area contributed by atoms with Gasteiger partial charge in [-0.2, -0.15) is 0 Å². The summed E-state index contributed by atoms with van der Waals surface area (Å²) in [4.78, 5) is 0. The lowest BCUT2D eigenvalue weighted by molar-refractivity contribution is 0.355. The van der Waals surface area contributed by atoms with Crippen LogP contribution in [0.3, 0.4) is 0 Å². The average Bonchev–Trinajstić information content (AvgIpc) is 3.35. The minimum atomic E-state index is 0.291. The van der Waals surface area contributed by atoms with Crippen LogP contribution >= 0.6 is 23.2 Å². The van der Waals surface area contributed by atoms with E-state index in [1.807, 2.05) is 12.1 Å². The number of halogens is 2. The fraction of sp³-hybridized carbons (Fsp3) is 0.294. The zero-order valence-electron chi connectivity index (χ0n) is 11.6. The standard InChI is InChI=1S/C17H17Cl2NO/c18-9-13(19)11-21-17-8-5-12-3-1-2-4-15(12)16(17)10-20-14-6-7-14/h1-5,8-9,14,20H,6-7,10-11H2. The van der Waals surface area contributed by atoms with Gasteiger partial charge in [-0.3, -0.25) is 0 Å². The van der Waals surface area contributed by atoms with Crippen molar-refractivity contribution in [1.29, 1.82) is 0 Å². The first-order valence-corrected chi connectivity index (χ1v) is 7.91. The maximum absolute atomic E-state index is 5.91. The van der Waals surface area contributed by atoms with Gasteiger partial charge in [0.25, 0.3) is 0 Å². The van der Waals surface area contributed by atoms with Crippen LogP contribution in [-0.4, -0.2) is 12.6 Å². The Labute approximate surface area is 134 Å². The Morgan fingerprint density at radius 1 is 1.24 bits per heavy atom. The third-order valence-electron chi connectivity index (χ3n) is 3.63. The van der Waals surface area contributed by atoms with Crippen molar-refractivity contribution in [1.82, 2.24) is 5.32 Å². The van der Waals surface area contributed by atoms with Gasteiger partial charge in [-0.05, 0) is 29.7 Å². The Bertz CT molecular complexity index is 665. The number of benzene rings is 2. The molecular weight excluding hydrogens is 305 g/mol.